The van der Waals surface area contributed by atoms with E-state index in [9.17, 15) is 22.8 Å². The second kappa shape index (κ2) is 5.38. The van der Waals surface area contributed by atoms with Gasteiger partial charge in [-0.2, -0.15) is 13.2 Å². The number of hydrogen-bond donors (Lipinski definition) is 1. The second-order valence-electron chi connectivity index (χ2n) is 5.08. The monoisotopic (exact) mass is 301 g/mol. The molecule has 1 saturated heterocycles. The summed E-state index contributed by atoms with van der Waals surface area (Å²) < 4.78 is 38.7. The van der Waals surface area contributed by atoms with Crippen molar-refractivity contribution >= 4 is 17.6 Å². The predicted molar refractivity (Wildman–Crippen MR) is 68.9 cm³/mol. The van der Waals surface area contributed by atoms with Crippen LogP contribution in [0.3, 0.4) is 0 Å². The molecular weight excluding hydrogens is 287 g/mol. The fourth-order valence-corrected chi connectivity index (χ4v) is 2.38. The zero-order valence-corrected chi connectivity index (χ0v) is 11.3. The molecule has 0 radical (unpaired) electrons. The van der Waals surface area contributed by atoms with Crippen LogP contribution in [0.25, 0.3) is 0 Å². The van der Waals surface area contributed by atoms with Gasteiger partial charge in [0, 0.05) is 18.7 Å². The van der Waals surface area contributed by atoms with Gasteiger partial charge in [-0.05, 0) is 31.0 Å². The molecule has 1 aliphatic heterocycles. The number of rotatable bonds is 2. The number of carboxylic acid groups (broad SMARTS) is 1. The summed E-state index contributed by atoms with van der Waals surface area (Å²) in [6.07, 6.45) is -4.28. The Hall–Kier alpha value is -2.05. The highest BCUT2D eigenvalue weighted by atomic mass is 19.4. The summed E-state index contributed by atoms with van der Waals surface area (Å²) in [5, 5.41) is 9.00. The second-order valence-corrected chi connectivity index (χ2v) is 5.08. The summed E-state index contributed by atoms with van der Waals surface area (Å²) in [5.74, 6) is -2.15. The summed E-state index contributed by atoms with van der Waals surface area (Å²) in [6.45, 7) is 1.24. The lowest BCUT2D eigenvalue weighted by Gasteiger charge is -2.31. The first-order valence-electron chi connectivity index (χ1n) is 6.41. The Bertz CT molecular complexity index is 583. The van der Waals surface area contributed by atoms with Crippen LogP contribution < -0.4 is 4.90 Å². The molecule has 1 atom stereocenters. The molecule has 114 valence electrons. The quantitative estimate of drug-likeness (QED) is 0.914. The number of aryl methyl sites for hydroxylation is 1. The zero-order chi connectivity index (χ0) is 15.8. The third-order valence-electron chi connectivity index (χ3n) is 3.60. The van der Waals surface area contributed by atoms with Crippen molar-refractivity contribution in [2.45, 2.75) is 25.9 Å². The number of aliphatic carboxylic acids is 1. The first-order valence-corrected chi connectivity index (χ1v) is 6.41. The van der Waals surface area contributed by atoms with Crippen molar-refractivity contribution in [2.75, 3.05) is 11.4 Å². The van der Waals surface area contributed by atoms with Gasteiger partial charge in [-0.1, -0.05) is 6.07 Å². The van der Waals surface area contributed by atoms with Crippen LogP contribution in [0.4, 0.5) is 18.9 Å². The topological polar surface area (TPSA) is 57.6 Å². The van der Waals surface area contributed by atoms with Gasteiger partial charge in [0.2, 0.25) is 5.91 Å². The molecule has 0 saturated carbocycles. The van der Waals surface area contributed by atoms with Gasteiger partial charge in [0.05, 0.1) is 11.5 Å². The molecule has 0 aliphatic carbocycles. The molecule has 21 heavy (non-hydrogen) atoms. The molecule has 0 bridgehead atoms. The molecule has 4 nitrogen and oxygen atoms in total. The molecule has 1 unspecified atom stereocenters. The van der Waals surface area contributed by atoms with Gasteiger partial charge in [0.1, 0.15) is 0 Å². The largest absolute Gasteiger partial charge is 0.481 e. The molecule has 2 rings (SSSR count). The summed E-state index contributed by atoms with van der Waals surface area (Å²) in [5.41, 5.74) is -0.667. The van der Waals surface area contributed by atoms with Gasteiger partial charge in [-0.15, -0.1) is 0 Å². The first kappa shape index (κ1) is 15.3. The minimum atomic E-state index is -4.51. The van der Waals surface area contributed by atoms with Gasteiger partial charge in [-0.3, -0.25) is 9.59 Å². The number of nitrogens with zero attached hydrogens (tertiary/aromatic N) is 1. The van der Waals surface area contributed by atoms with Crippen LogP contribution in [0.2, 0.25) is 0 Å². The number of carbonyl (C=O) groups excluding carboxylic acids is 1. The summed E-state index contributed by atoms with van der Waals surface area (Å²) in [7, 11) is 0. The lowest BCUT2D eigenvalue weighted by atomic mass is 9.96. The highest BCUT2D eigenvalue weighted by Gasteiger charge is 2.35. The minimum absolute atomic E-state index is 0.0200. The molecule has 1 fully saturated rings. The predicted octanol–water partition coefficient (Wildman–Crippen LogP) is 2.84. The number of amides is 1. The fraction of sp³-hybridized carbons (Fsp3) is 0.429. The molecular formula is C14H14F3NO3. The number of benzene rings is 1. The smallest absolute Gasteiger partial charge is 0.416 e. The van der Waals surface area contributed by atoms with E-state index < -0.39 is 23.6 Å². The number of halogens is 3. The van der Waals surface area contributed by atoms with E-state index in [4.69, 9.17) is 5.11 Å². The Kier molecular flexibility index (Phi) is 3.93. The average Bonchev–Trinajstić information content (AvgIpc) is 2.38. The molecule has 0 spiro atoms. The molecule has 1 amide bonds. The van der Waals surface area contributed by atoms with Gasteiger partial charge < -0.3 is 10.0 Å². The zero-order valence-electron chi connectivity index (χ0n) is 11.3. The van der Waals surface area contributed by atoms with Gasteiger partial charge in [0.25, 0.3) is 0 Å². The normalized spacial score (nSPS) is 19.7. The summed E-state index contributed by atoms with van der Waals surface area (Å²) >= 11 is 0. The van der Waals surface area contributed by atoms with Crippen molar-refractivity contribution in [1.29, 1.82) is 0 Å². The van der Waals surface area contributed by atoms with E-state index >= 15 is 0 Å². The van der Waals surface area contributed by atoms with Crippen LogP contribution in [0, 0.1) is 12.8 Å². The third kappa shape index (κ3) is 3.17. The van der Waals surface area contributed by atoms with Crippen LogP contribution in [0.5, 0.6) is 0 Å². The maximum atomic E-state index is 12.9. The first-order chi connectivity index (χ1) is 9.70. The molecule has 1 N–H and O–H groups in total. The van der Waals surface area contributed by atoms with Gasteiger partial charge >= 0.3 is 12.1 Å². The van der Waals surface area contributed by atoms with E-state index in [-0.39, 0.29) is 36.5 Å². The minimum Gasteiger partial charge on any atom is -0.481 e. The van der Waals surface area contributed by atoms with Crippen molar-refractivity contribution in [3.63, 3.8) is 0 Å². The Morgan fingerprint density at radius 1 is 1.38 bits per heavy atom. The Labute approximate surface area is 119 Å². The Morgan fingerprint density at radius 2 is 2.05 bits per heavy atom. The lowest BCUT2D eigenvalue weighted by Crippen LogP contribution is -2.42. The number of carbonyl (C=O) groups is 2. The van der Waals surface area contributed by atoms with Crippen LogP contribution in [0.15, 0.2) is 18.2 Å². The highest BCUT2D eigenvalue weighted by Crippen LogP contribution is 2.35. The maximum absolute atomic E-state index is 12.9. The van der Waals surface area contributed by atoms with E-state index in [1.807, 2.05) is 0 Å². The van der Waals surface area contributed by atoms with E-state index in [1.165, 1.54) is 19.1 Å². The van der Waals surface area contributed by atoms with Gasteiger partial charge in [-0.25, -0.2) is 0 Å². The SMILES string of the molecule is Cc1ccc(N2CC(C(=O)O)CCC2=O)cc1C(F)(F)F. The Morgan fingerprint density at radius 3 is 2.62 bits per heavy atom. The summed E-state index contributed by atoms with van der Waals surface area (Å²) in [4.78, 5) is 24.0. The molecule has 1 aromatic carbocycles. The molecule has 1 aliphatic rings. The molecule has 7 heteroatoms. The van der Waals surface area contributed by atoms with Crippen molar-refractivity contribution in [2.24, 2.45) is 5.92 Å². The summed E-state index contributed by atoms with van der Waals surface area (Å²) in [6, 6.07) is 3.60. The van der Waals surface area contributed by atoms with Crippen LogP contribution >= 0.6 is 0 Å². The van der Waals surface area contributed by atoms with Crippen molar-refractivity contribution < 1.29 is 27.9 Å². The van der Waals surface area contributed by atoms with E-state index in [2.05, 4.69) is 0 Å². The van der Waals surface area contributed by atoms with Crippen LogP contribution in [-0.2, 0) is 15.8 Å². The van der Waals surface area contributed by atoms with Crippen molar-refractivity contribution in [1.82, 2.24) is 0 Å². The third-order valence-corrected chi connectivity index (χ3v) is 3.60. The van der Waals surface area contributed by atoms with E-state index in [1.54, 1.807) is 0 Å². The van der Waals surface area contributed by atoms with E-state index in [0.717, 1.165) is 11.0 Å². The fourth-order valence-electron chi connectivity index (χ4n) is 2.38. The van der Waals surface area contributed by atoms with Crippen LogP contribution in [0.1, 0.15) is 24.0 Å². The Balaban J connectivity index is 2.36. The lowest BCUT2D eigenvalue weighted by molar-refractivity contribution is -0.143. The van der Waals surface area contributed by atoms with Crippen LogP contribution in [-0.4, -0.2) is 23.5 Å². The number of carboxylic acids is 1. The number of anilines is 1. The number of hydrogen-bond acceptors (Lipinski definition) is 2. The molecule has 1 heterocycles. The highest BCUT2D eigenvalue weighted by molar-refractivity contribution is 5.95. The molecule has 0 aromatic heterocycles. The molecule has 1 aromatic rings. The standard InChI is InChI=1S/C14H14F3NO3/c1-8-2-4-10(6-11(8)14(15,16)17)18-7-9(13(20)21)3-5-12(18)19/h2,4,6,9H,3,5,7H2,1H3,(H,20,21). The maximum Gasteiger partial charge on any atom is 0.416 e. The average molecular weight is 301 g/mol. The van der Waals surface area contributed by atoms with Crippen molar-refractivity contribution in [3.8, 4) is 0 Å². The number of alkyl halides is 3. The van der Waals surface area contributed by atoms with E-state index in [0.29, 0.717) is 0 Å². The number of piperidine rings is 1. The van der Waals surface area contributed by atoms with Gasteiger partial charge in [0.15, 0.2) is 0 Å². The van der Waals surface area contributed by atoms with Crippen molar-refractivity contribution in [3.05, 3.63) is 29.3 Å².